The smallest absolute Gasteiger partial charge is 0.231 e. The number of nitrogens with zero attached hydrogens (tertiary/aromatic N) is 1. The van der Waals surface area contributed by atoms with Gasteiger partial charge in [0.1, 0.15) is 0 Å². The number of benzene rings is 2. The zero-order valence-electron chi connectivity index (χ0n) is 16.5. The zero-order valence-corrected chi connectivity index (χ0v) is 16.5. The van der Waals surface area contributed by atoms with Crippen molar-refractivity contribution in [2.75, 3.05) is 18.7 Å². The van der Waals surface area contributed by atoms with E-state index < -0.39 is 0 Å². The van der Waals surface area contributed by atoms with Crippen molar-refractivity contribution in [3.63, 3.8) is 0 Å². The van der Waals surface area contributed by atoms with Crippen molar-refractivity contribution < 1.29 is 19.1 Å². The molecule has 2 aromatic rings. The molecule has 0 atom stereocenters. The Bertz CT molecular complexity index is 846. The molecule has 28 heavy (non-hydrogen) atoms. The van der Waals surface area contributed by atoms with Crippen LogP contribution in [0.5, 0.6) is 11.5 Å². The Morgan fingerprint density at radius 1 is 1.07 bits per heavy atom. The van der Waals surface area contributed by atoms with Crippen molar-refractivity contribution in [2.24, 2.45) is 0 Å². The van der Waals surface area contributed by atoms with Gasteiger partial charge < -0.3 is 19.7 Å². The van der Waals surface area contributed by atoms with Gasteiger partial charge in [-0.3, -0.25) is 9.59 Å². The lowest BCUT2D eigenvalue weighted by Crippen LogP contribution is -2.31. The Kier molecular flexibility index (Phi) is 6.19. The van der Waals surface area contributed by atoms with E-state index in [-0.39, 0.29) is 25.0 Å². The standard InChI is InChI=1S/C22H26N2O4/c1-15(2)18-5-7-19(8-6-18)23-22(26)10-11-24(16(3)25)13-17-4-9-20-21(12-17)28-14-27-20/h4-9,12,15H,10-11,13-14H2,1-3H3,(H,23,26). The molecular weight excluding hydrogens is 356 g/mol. The van der Waals surface area contributed by atoms with Gasteiger partial charge in [0.25, 0.3) is 0 Å². The van der Waals surface area contributed by atoms with E-state index in [1.165, 1.54) is 12.5 Å². The van der Waals surface area contributed by atoms with E-state index in [9.17, 15) is 9.59 Å². The molecule has 6 nitrogen and oxygen atoms in total. The largest absolute Gasteiger partial charge is 0.454 e. The van der Waals surface area contributed by atoms with Gasteiger partial charge in [-0.15, -0.1) is 0 Å². The molecule has 1 aliphatic rings. The predicted molar refractivity (Wildman–Crippen MR) is 107 cm³/mol. The maximum Gasteiger partial charge on any atom is 0.231 e. The monoisotopic (exact) mass is 382 g/mol. The summed E-state index contributed by atoms with van der Waals surface area (Å²) >= 11 is 0. The van der Waals surface area contributed by atoms with Gasteiger partial charge >= 0.3 is 0 Å². The van der Waals surface area contributed by atoms with Crippen molar-refractivity contribution in [3.8, 4) is 11.5 Å². The van der Waals surface area contributed by atoms with Gasteiger partial charge in [-0.25, -0.2) is 0 Å². The molecule has 0 radical (unpaired) electrons. The van der Waals surface area contributed by atoms with Gasteiger partial charge in [-0.1, -0.05) is 32.0 Å². The van der Waals surface area contributed by atoms with Gasteiger partial charge in [-0.05, 0) is 41.3 Å². The van der Waals surface area contributed by atoms with Crippen molar-refractivity contribution in [1.29, 1.82) is 0 Å². The summed E-state index contributed by atoms with van der Waals surface area (Å²) in [5, 5.41) is 2.89. The number of ether oxygens (including phenoxy) is 2. The predicted octanol–water partition coefficient (Wildman–Crippen LogP) is 3.92. The summed E-state index contributed by atoms with van der Waals surface area (Å²) in [6.07, 6.45) is 0.232. The number of hydrogen-bond acceptors (Lipinski definition) is 4. The van der Waals surface area contributed by atoms with Crippen LogP contribution in [-0.2, 0) is 16.1 Å². The van der Waals surface area contributed by atoms with Crippen molar-refractivity contribution >= 4 is 17.5 Å². The van der Waals surface area contributed by atoms with Crippen molar-refractivity contribution in [2.45, 2.75) is 39.7 Å². The summed E-state index contributed by atoms with van der Waals surface area (Å²) in [4.78, 5) is 25.9. The fraction of sp³-hybridized carbons (Fsp3) is 0.364. The Morgan fingerprint density at radius 3 is 2.46 bits per heavy atom. The molecule has 1 N–H and O–H groups in total. The number of carbonyl (C=O) groups excluding carboxylic acids is 2. The van der Waals surface area contributed by atoms with E-state index in [0.717, 1.165) is 11.3 Å². The fourth-order valence-electron chi connectivity index (χ4n) is 3.02. The fourth-order valence-corrected chi connectivity index (χ4v) is 3.02. The number of fused-ring (bicyclic) bond motifs is 1. The number of hydrogen-bond donors (Lipinski definition) is 1. The molecule has 0 spiro atoms. The van der Waals surface area contributed by atoms with E-state index in [4.69, 9.17) is 9.47 Å². The normalized spacial score (nSPS) is 12.1. The summed E-state index contributed by atoms with van der Waals surface area (Å²) < 4.78 is 10.7. The first-order valence-corrected chi connectivity index (χ1v) is 9.46. The highest BCUT2D eigenvalue weighted by atomic mass is 16.7. The molecule has 0 saturated heterocycles. The SMILES string of the molecule is CC(=O)N(CCC(=O)Nc1ccc(C(C)C)cc1)Cc1ccc2c(c1)OCO2. The summed E-state index contributed by atoms with van der Waals surface area (Å²) in [5.41, 5.74) is 2.92. The van der Waals surface area contributed by atoms with Crippen LogP contribution in [0.2, 0.25) is 0 Å². The minimum atomic E-state index is -0.116. The Balaban J connectivity index is 1.54. The van der Waals surface area contributed by atoms with Crippen LogP contribution in [0, 0.1) is 0 Å². The highest BCUT2D eigenvalue weighted by Crippen LogP contribution is 2.32. The average Bonchev–Trinajstić information content (AvgIpc) is 3.13. The Hall–Kier alpha value is -3.02. The number of nitrogens with one attached hydrogen (secondary N) is 1. The van der Waals surface area contributed by atoms with Crippen LogP contribution < -0.4 is 14.8 Å². The van der Waals surface area contributed by atoms with Crippen LogP contribution in [0.15, 0.2) is 42.5 Å². The molecule has 1 heterocycles. The summed E-state index contributed by atoms with van der Waals surface area (Å²) in [6, 6.07) is 13.5. The van der Waals surface area contributed by atoms with E-state index in [1.807, 2.05) is 42.5 Å². The van der Waals surface area contributed by atoms with Crippen LogP contribution in [0.4, 0.5) is 5.69 Å². The van der Waals surface area contributed by atoms with E-state index >= 15 is 0 Å². The van der Waals surface area contributed by atoms with Crippen LogP contribution >= 0.6 is 0 Å². The Morgan fingerprint density at radius 2 is 1.79 bits per heavy atom. The van der Waals surface area contributed by atoms with Gasteiger partial charge in [0.05, 0.1) is 0 Å². The number of rotatable bonds is 7. The zero-order chi connectivity index (χ0) is 20.1. The molecule has 2 aromatic carbocycles. The lowest BCUT2D eigenvalue weighted by atomic mass is 10.0. The van der Waals surface area contributed by atoms with Crippen molar-refractivity contribution in [3.05, 3.63) is 53.6 Å². The van der Waals surface area contributed by atoms with Gasteiger partial charge in [0, 0.05) is 32.1 Å². The maximum atomic E-state index is 12.3. The second kappa shape index (κ2) is 8.78. The molecule has 0 fully saturated rings. The first kappa shape index (κ1) is 19.7. The molecule has 148 valence electrons. The van der Waals surface area contributed by atoms with E-state index in [1.54, 1.807) is 4.90 Å². The minimum Gasteiger partial charge on any atom is -0.454 e. The quantitative estimate of drug-likeness (QED) is 0.788. The molecule has 0 aromatic heterocycles. The highest BCUT2D eigenvalue weighted by Gasteiger charge is 2.16. The van der Waals surface area contributed by atoms with Crippen LogP contribution in [0.3, 0.4) is 0 Å². The van der Waals surface area contributed by atoms with E-state index in [0.29, 0.717) is 30.5 Å². The third kappa shape index (κ3) is 5.03. The molecule has 1 aliphatic heterocycles. The summed E-state index contributed by atoms with van der Waals surface area (Å²) in [6.45, 7) is 6.75. The second-order valence-corrected chi connectivity index (χ2v) is 7.20. The van der Waals surface area contributed by atoms with Crippen LogP contribution in [0.1, 0.15) is 44.2 Å². The average molecular weight is 382 g/mol. The third-order valence-corrected chi connectivity index (χ3v) is 4.73. The Labute approximate surface area is 165 Å². The van der Waals surface area contributed by atoms with Crippen LogP contribution in [-0.4, -0.2) is 30.1 Å². The molecule has 0 aliphatic carbocycles. The maximum absolute atomic E-state index is 12.3. The number of amides is 2. The van der Waals surface area contributed by atoms with E-state index in [2.05, 4.69) is 19.2 Å². The van der Waals surface area contributed by atoms with Gasteiger partial charge in [0.2, 0.25) is 18.6 Å². The molecule has 0 unspecified atom stereocenters. The van der Waals surface area contributed by atoms with Crippen LogP contribution in [0.25, 0.3) is 0 Å². The molecular formula is C22H26N2O4. The number of anilines is 1. The topological polar surface area (TPSA) is 67.9 Å². The first-order valence-electron chi connectivity index (χ1n) is 9.46. The molecule has 2 amide bonds. The minimum absolute atomic E-state index is 0.0771. The molecule has 0 bridgehead atoms. The lowest BCUT2D eigenvalue weighted by molar-refractivity contribution is -0.129. The first-order chi connectivity index (χ1) is 13.4. The summed E-state index contributed by atoms with van der Waals surface area (Å²) in [7, 11) is 0. The molecule has 3 rings (SSSR count). The highest BCUT2D eigenvalue weighted by molar-refractivity contribution is 5.91. The molecule has 0 saturated carbocycles. The lowest BCUT2D eigenvalue weighted by Gasteiger charge is -2.21. The van der Waals surface area contributed by atoms with Gasteiger partial charge in [-0.2, -0.15) is 0 Å². The molecule has 6 heteroatoms. The number of carbonyl (C=O) groups is 2. The second-order valence-electron chi connectivity index (χ2n) is 7.20. The summed E-state index contributed by atoms with van der Waals surface area (Å²) in [5.74, 6) is 1.65. The van der Waals surface area contributed by atoms with Gasteiger partial charge in [0.15, 0.2) is 11.5 Å². The third-order valence-electron chi connectivity index (χ3n) is 4.73. The van der Waals surface area contributed by atoms with Crippen molar-refractivity contribution in [1.82, 2.24) is 4.90 Å².